The summed E-state index contributed by atoms with van der Waals surface area (Å²) in [6.45, 7) is 8.06. The third-order valence-corrected chi connectivity index (χ3v) is 8.37. The summed E-state index contributed by atoms with van der Waals surface area (Å²) in [7, 11) is -3.16. The van der Waals surface area contributed by atoms with Crippen LogP contribution in [-0.2, 0) is 19.4 Å². The summed E-state index contributed by atoms with van der Waals surface area (Å²) >= 11 is 1.31. The molecule has 0 unspecified atom stereocenters. The third kappa shape index (κ3) is 7.36. The number of ether oxygens (including phenoxy) is 2. The van der Waals surface area contributed by atoms with Crippen LogP contribution in [0.25, 0.3) is 0 Å². The maximum absolute atomic E-state index is 12.6. The highest BCUT2D eigenvalue weighted by atomic mass is 32.2. The van der Waals surface area contributed by atoms with Crippen molar-refractivity contribution in [3.63, 3.8) is 0 Å². The highest BCUT2D eigenvalue weighted by Crippen LogP contribution is 2.41. The number of carbonyl (C=O) groups excluding carboxylic acids is 2. The Morgan fingerprint density at radius 2 is 2.03 bits per heavy atom. The molecule has 2 atom stereocenters. The molecule has 9 nitrogen and oxygen atoms in total. The Bertz CT molecular complexity index is 1040. The van der Waals surface area contributed by atoms with E-state index >= 15 is 0 Å². The first-order chi connectivity index (χ1) is 16.0. The molecule has 3 rings (SSSR count). The number of aliphatic imine (C=N–C) groups is 1. The minimum atomic E-state index is -3.16. The summed E-state index contributed by atoms with van der Waals surface area (Å²) in [6, 6.07) is 7.13. The van der Waals surface area contributed by atoms with Gasteiger partial charge in [0.15, 0.2) is 15.0 Å². The summed E-state index contributed by atoms with van der Waals surface area (Å²) < 4.78 is 35.5. The predicted octanol–water partition coefficient (Wildman–Crippen LogP) is 3.38. The molecule has 188 valence electrons. The van der Waals surface area contributed by atoms with E-state index in [1.54, 1.807) is 20.8 Å². The number of thioether (sulfide) groups is 1. The van der Waals surface area contributed by atoms with Gasteiger partial charge in [0.1, 0.15) is 11.4 Å². The number of unbranched alkanes of at least 4 members (excludes halogenated alkanes) is 1. The van der Waals surface area contributed by atoms with Crippen molar-refractivity contribution in [2.75, 3.05) is 29.6 Å². The average Bonchev–Trinajstić information content (AvgIpc) is 3.17. The Balaban J connectivity index is 1.73. The number of fused-ring (bicyclic) bond motifs is 1. The van der Waals surface area contributed by atoms with Gasteiger partial charge in [0.25, 0.3) is 0 Å². The molecule has 0 spiro atoms. The molecule has 2 saturated heterocycles. The first kappa shape index (κ1) is 26.3. The summed E-state index contributed by atoms with van der Waals surface area (Å²) in [4.78, 5) is 30.5. The Labute approximate surface area is 205 Å². The van der Waals surface area contributed by atoms with E-state index in [0.29, 0.717) is 17.5 Å². The van der Waals surface area contributed by atoms with Gasteiger partial charge in [0.2, 0.25) is 5.91 Å². The van der Waals surface area contributed by atoms with E-state index < -0.39 is 27.4 Å². The normalized spacial score (nSPS) is 22.5. The van der Waals surface area contributed by atoms with Crippen molar-refractivity contribution >= 4 is 44.5 Å². The van der Waals surface area contributed by atoms with Gasteiger partial charge in [-0.2, -0.15) is 4.99 Å². The van der Waals surface area contributed by atoms with Crippen LogP contribution in [0, 0.1) is 0 Å². The molecule has 2 aliphatic heterocycles. The zero-order valence-corrected chi connectivity index (χ0v) is 21.7. The Hall–Kier alpha value is -2.27. The van der Waals surface area contributed by atoms with Crippen LogP contribution in [0.2, 0.25) is 0 Å². The fourth-order valence-electron chi connectivity index (χ4n) is 3.67. The number of hydrogen-bond donors (Lipinski definition) is 1. The largest absolute Gasteiger partial charge is 0.494 e. The van der Waals surface area contributed by atoms with E-state index in [2.05, 4.69) is 17.2 Å². The van der Waals surface area contributed by atoms with Crippen molar-refractivity contribution in [1.82, 2.24) is 5.32 Å². The SMILES string of the molecule is CCCCOc1cccc(N2C(=NC(=O)CCNC(=O)OC(C)(C)C)S[C@@H]3CS(=O)(=O)C[C@H]32)c1. The van der Waals surface area contributed by atoms with E-state index in [-0.39, 0.29) is 35.8 Å². The molecule has 0 radical (unpaired) electrons. The Morgan fingerprint density at radius 1 is 1.26 bits per heavy atom. The molecule has 2 amide bonds. The summed E-state index contributed by atoms with van der Waals surface area (Å²) in [5.74, 6) is 0.354. The predicted molar refractivity (Wildman–Crippen MR) is 134 cm³/mol. The van der Waals surface area contributed by atoms with E-state index in [4.69, 9.17) is 9.47 Å². The minimum absolute atomic E-state index is 0.00490. The van der Waals surface area contributed by atoms with Gasteiger partial charge in [-0.05, 0) is 39.3 Å². The number of rotatable bonds is 8. The van der Waals surface area contributed by atoms with E-state index in [1.165, 1.54) is 11.8 Å². The number of alkyl carbamates (subject to hydrolysis) is 1. The van der Waals surface area contributed by atoms with Crippen LogP contribution in [0.1, 0.15) is 47.0 Å². The molecule has 1 aromatic rings. The van der Waals surface area contributed by atoms with Crippen LogP contribution in [0.4, 0.5) is 10.5 Å². The zero-order chi connectivity index (χ0) is 24.9. The van der Waals surface area contributed by atoms with Crippen LogP contribution >= 0.6 is 11.8 Å². The lowest BCUT2D eigenvalue weighted by molar-refractivity contribution is -0.117. The van der Waals surface area contributed by atoms with Crippen molar-refractivity contribution in [3.8, 4) is 5.75 Å². The number of nitrogens with zero attached hydrogens (tertiary/aromatic N) is 2. The van der Waals surface area contributed by atoms with Gasteiger partial charge in [-0.3, -0.25) is 4.79 Å². The maximum atomic E-state index is 12.6. The molecule has 2 fully saturated rings. The molecule has 1 N–H and O–H groups in total. The van der Waals surface area contributed by atoms with Crippen molar-refractivity contribution < 1.29 is 27.5 Å². The lowest BCUT2D eigenvalue weighted by Gasteiger charge is -2.25. The summed E-state index contributed by atoms with van der Waals surface area (Å²) in [6.07, 6.45) is 1.37. The molecule has 1 aromatic carbocycles. The minimum Gasteiger partial charge on any atom is -0.494 e. The second-order valence-corrected chi connectivity index (χ2v) is 12.7. The highest BCUT2D eigenvalue weighted by molar-refractivity contribution is 8.16. The zero-order valence-electron chi connectivity index (χ0n) is 20.1. The van der Waals surface area contributed by atoms with E-state index in [1.807, 2.05) is 29.2 Å². The molecule has 0 aromatic heterocycles. The van der Waals surface area contributed by atoms with Gasteiger partial charge in [0, 0.05) is 30.0 Å². The van der Waals surface area contributed by atoms with Crippen LogP contribution in [0.15, 0.2) is 29.3 Å². The lowest BCUT2D eigenvalue weighted by atomic mass is 10.2. The van der Waals surface area contributed by atoms with Crippen molar-refractivity contribution in [2.24, 2.45) is 4.99 Å². The maximum Gasteiger partial charge on any atom is 0.407 e. The van der Waals surface area contributed by atoms with Crippen LogP contribution in [-0.4, -0.2) is 67.1 Å². The number of hydrogen-bond acceptors (Lipinski definition) is 7. The first-order valence-electron chi connectivity index (χ1n) is 11.4. The van der Waals surface area contributed by atoms with Crippen LogP contribution in [0.3, 0.4) is 0 Å². The van der Waals surface area contributed by atoms with Crippen molar-refractivity contribution in [3.05, 3.63) is 24.3 Å². The van der Waals surface area contributed by atoms with E-state index in [0.717, 1.165) is 18.5 Å². The standard InChI is InChI=1S/C23H33N3O6S2/c1-5-6-12-31-17-9-7-8-16(13-17)26-18-14-34(29,30)15-19(18)33-21(26)25-20(27)10-11-24-22(28)32-23(2,3)4/h7-9,13,18-19H,5-6,10-12,14-15H2,1-4H3,(H,24,28)/t18-,19-/m1/s1. The first-order valence-corrected chi connectivity index (χ1v) is 14.1. The van der Waals surface area contributed by atoms with Gasteiger partial charge >= 0.3 is 6.09 Å². The lowest BCUT2D eigenvalue weighted by Crippen LogP contribution is -2.38. The fourth-order valence-corrected chi connectivity index (χ4v) is 7.60. The number of sulfone groups is 1. The molecular formula is C23H33N3O6S2. The van der Waals surface area contributed by atoms with Gasteiger partial charge in [-0.1, -0.05) is 31.2 Å². The number of carbonyl (C=O) groups is 2. The summed E-state index contributed by atoms with van der Waals surface area (Å²) in [5.41, 5.74) is 0.118. The topological polar surface area (TPSA) is 114 Å². The number of amidine groups is 1. The summed E-state index contributed by atoms with van der Waals surface area (Å²) in [5, 5.41) is 2.83. The smallest absolute Gasteiger partial charge is 0.407 e. The van der Waals surface area contributed by atoms with Crippen molar-refractivity contribution in [1.29, 1.82) is 0 Å². The Morgan fingerprint density at radius 3 is 2.74 bits per heavy atom. The molecule has 0 saturated carbocycles. The van der Waals surface area contributed by atoms with Crippen LogP contribution < -0.4 is 15.0 Å². The second-order valence-electron chi connectivity index (χ2n) is 9.34. The van der Waals surface area contributed by atoms with Gasteiger partial charge in [-0.25, -0.2) is 13.2 Å². The monoisotopic (exact) mass is 511 g/mol. The van der Waals surface area contributed by atoms with E-state index in [9.17, 15) is 18.0 Å². The fraction of sp³-hybridized carbons (Fsp3) is 0.609. The molecule has 0 bridgehead atoms. The number of benzene rings is 1. The molecule has 2 heterocycles. The molecule has 0 aliphatic carbocycles. The van der Waals surface area contributed by atoms with Crippen molar-refractivity contribution in [2.45, 2.75) is 63.9 Å². The van der Waals surface area contributed by atoms with Gasteiger partial charge < -0.3 is 19.7 Å². The number of amides is 2. The Kier molecular flexibility index (Phi) is 8.51. The number of nitrogens with one attached hydrogen (secondary N) is 1. The van der Waals surface area contributed by atoms with Gasteiger partial charge in [-0.15, -0.1) is 0 Å². The number of anilines is 1. The average molecular weight is 512 g/mol. The molecule has 2 aliphatic rings. The van der Waals surface area contributed by atoms with Crippen LogP contribution in [0.5, 0.6) is 5.75 Å². The highest BCUT2D eigenvalue weighted by Gasteiger charge is 2.49. The molecule has 34 heavy (non-hydrogen) atoms. The van der Waals surface area contributed by atoms with Gasteiger partial charge in [0.05, 0.1) is 24.2 Å². The second kappa shape index (κ2) is 11.0. The molecule has 11 heteroatoms. The quantitative estimate of drug-likeness (QED) is 0.529. The molecular weight excluding hydrogens is 478 g/mol. The third-order valence-electron chi connectivity index (χ3n) is 5.16.